The van der Waals surface area contributed by atoms with Gasteiger partial charge in [-0.2, -0.15) is 0 Å². The van der Waals surface area contributed by atoms with Crippen LogP contribution in [0.25, 0.3) is 5.70 Å². The van der Waals surface area contributed by atoms with E-state index in [9.17, 15) is 0 Å². The molecule has 0 spiro atoms. The zero-order valence-corrected chi connectivity index (χ0v) is 10.4. The van der Waals surface area contributed by atoms with Gasteiger partial charge >= 0.3 is 0 Å². The molecule has 0 fully saturated rings. The molecule has 0 aliphatic carbocycles. The first-order valence-corrected chi connectivity index (χ1v) is 5.73. The Morgan fingerprint density at radius 1 is 0.889 bits per heavy atom. The highest BCUT2D eigenvalue weighted by molar-refractivity contribution is 5.69. The number of nitrogens with zero attached hydrogens (tertiary/aromatic N) is 1. The zero-order chi connectivity index (χ0) is 13.1. The van der Waals surface area contributed by atoms with Gasteiger partial charge in [0.15, 0.2) is 0 Å². The molecule has 0 aromatic heterocycles. The van der Waals surface area contributed by atoms with Gasteiger partial charge in [-0.25, -0.2) is 0 Å². The summed E-state index contributed by atoms with van der Waals surface area (Å²) in [4.78, 5) is 4.01. The van der Waals surface area contributed by atoms with Crippen molar-refractivity contribution in [2.24, 2.45) is 4.99 Å². The third kappa shape index (κ3) is 5.08. The lowest BCUT2D eigenvalue weighted by atomic mass is 10.1. The van der Waals surface area contributed by atoms with Gasteiger partial charge in [-0.15, -0.1) is 0 Å². The van der Waals surface area contributed by atoms with Gasteiger partial charge in [0.1, 0.15) is 0 Å². The molecule has 1 rings (SSSR count). The van der Waals surface area contributed by atoms with Gasteiger partial charge in [-0.1, -0.05) is 79.4 Å². The lowest BCUT2D eigenvalue weighted by Crippen LogP contribution is -1.78. The van der Waals surface area contributed by atoms with E-state index < -0.39 is 0 Å². The van der Waals surface area contributed by atoms with Crippen LogP contribution in [-0.2, 0) is 0 Å². The first kappa shape index (κ1) is 13.7. The third-order valence-corrected chi connectivity index (χ3v) is 2.19. The van der Waals surface area contributed by atoms with Crippen molar-refractivity contribution in [3.05, 3.63) is 91.1 Å². The van der Waals surface area contributed by atoms with Crippen molar-refractivity contribution in [2.75, 3.05) is 0 Å². The molecule has 1 aromatic rings. The Morgan fingerprint density at radius 2 is 1.50 bits per heavy atom. The fourth-order valence-corrected chi connectivity index (χ4v) is 1.33. The van der Waals surface area contributed by atoms with Crippen molar-refractivity contribution in [1.82, 2.24) is 0 Å². The molecular formula is C17H17N. The van der Waals surface area contributed by atoms with Gasteiger partial charge < -0.3 is 0 Å². The highest BCUT2D eigenvalue weighted by Gasteiger charge is 1.94. The van der Waals surface area contributed by atoms with Gasteiger partial charge in [-0.3, -0.25) is 4.99 Å². The topological polar surface area (TPSA) is 12.4 Å². The Hall–Kier alpha value is -2.41. The van der Waals surface area contributed by atoms with Crippen LogP contribution in [0, 0.1) is 0 Å². The molecule has 90 valence electrons. The average molecular weight is 235 g/mol. The maximum Gasteiger partial charge on any atom is 0.0694 e. The second kappa shape index (κ2) is 8.71. The van der Waals surface area contributed by atoms with Crippen LogP contribution >= 0.6 is 0 Å². The Balaban J connectivity index is 2.67. The van der Waals surface area contributed by atoms with Gasteiger partial charge in [0.2, 0.25) is 0 Å². The molecule has 0 aliphatic heterocycles. The first-order chi connectivity index (χ1) is 8.88. The highest BCUT2D eigenvalue weighted by atomic mass is 14.7. The molecule has 0 amide bonds. The van der Waals surface area contributed by atoms with Crippen molar-refractivity contribution in [2.45, 2.75) is 0 Å². The maximum absolute atomic E-state index is 4.01. The van der Waals surface area contributed by atoms with Crippen LogP contribution in [0.5, 0.6) is 0 Å². The molecule has 0 heterocycles. The molecule has 0 aliphatic rings. The van der Waals surface area contributed by atoms with Crippen LogP contribution in [0.15, 0.2) is 90.5 Å². The number of hydrogen-bond acceptors (Lipinski definition) is 1. The van der Waals surface area contributed by atoms with E-state index in [1.165, 1.54) is 0 Å². The number of benzene rings is 1. The van der Waals surface area contributed by atoms with Crippen molar-refractivity contribution in [3.8, 4) is 0 Å². The van der Waals surface area contributed by atoms with Crippen molar-refractivity contribution < 1.29 is 0 Å². The van der Waals surface area contributed by atoms with Crippen LogP contribution in [-0.4, -0.2) is 6.72 Å². The van der Waals surface area contributed by atoms with E-state index in [0.29, 0.717) is 0 Å². The summed E-state index contributed by atoms with van der Waals surface area (Å²) in [6.07, 6.45) is 15.2. The molecule has 0 atom stereocenters. The van der Waals surface area contributed by atoms with Crippen molar-refractivity contribution >= 4 is 12.4 Å². The Bertz CT molecular complexity index is 488. The molecule has 1 nitrogen and oxygen atoms in total. The largest absolute Gasteiger partial charge is 0.264 e. The van der Waals surface area contributed by atoms with E-state index in [0.717, 1.165) is 11.3 Å². The summed E-state index contributed by atoms with van der Waals surface area (Å²) in [7, 11) is 0. The predicted octanol–water partition coefficient (Wildman–Crippen LogP) is 4.58. The minimum Gasteiger partial charge on any atom is -0.264 e. The smallest absolute Gasteiger partial charge is 0.0694 e. The standard InChI is InChI=1S/C17H17N/c1-3-4-5-6-7-8-12-15-17(18-2)16-13-10-9-11-14-16/h3-15H,1-2H2/b5-4+,7-6-,12-8-,17-15-. The summed E-state index contributed by atoms with van der Waals surface area (Å²) < 4.78 is 0. The van der Waals surface area contributed by atoms with E-state index in [-0.39, 0.29) is 0 Å². The zero-order valence-electron chi connectivity index (χ0n) is 10.4. The molecule has 0 bridgehead atoms. The fourth-order valence-electron chi connectivity index (χ4n) is 1.33. The van der Waals surface area contributed by atoms with Crippen LogP contribution in [0.3, 0.4) is 0 Å². The van der Waals surface area contributed by atoms with Gasteiger partial charge in [0.25, 0.3) is 0 Å². The molecule has 0 saturated carbocycles. The van der Waals surface area contributed by atoms with E-state index in [2.05, 4.69) is 18.3 Å². The Morgan fingerprint density at radius 3 is 2.11 bits per heavy atom. The second-order valence-electron chi connectivity index (χ2n) is 3.47. The Labute approximate surface area is 109 Å². The molecule has 1 aromatic carbocycles. The summed E-state index contributed by atoms with van der Waals surface area (Å²) in [5, 5.41) is 0. The highest BCUT2D eigenvalue weighted by Crippen LogP contribution is 2.14. The minimum atomic E-state index is 0.863. The SMILES string of the molecule is C=C/C=C/C=C\C=C/C=C(\N=C)c1ccccc1. The number of hydrogen-bond donors (Lipinski definition) is 0. The van der Waals surface area contributed by atoms with E-state index in [1.54, 1.807) is 6.08 Å². The predicted molar refractivity (Wildman–Crippen MR) is 81.6 cm³/mol. The molecule has 18 heavy (non-hydrogen) atoms. The summed E-state index contributed by atoms with van der Waals surface area (Å²) >= 11 is 0. The summed E-state index contributed by atoms with van der Waals surface area (Å²) in [6, 6.07) is 9.97. The van der Waals surface area contributed by atoms with Crippen LogP contribution in [0.1, 0.15) is 5.56 Å². The quantitative estimate of drug-likeness (QED) is 0.505. The minimum absolute atomic E-state index is 0.863. The van der Waals surface area contributed by atoms with Crippen molar-refractivity contribution in [3.63, 3.8) is 0 Å². The maximum atomic E-state index is 4.01. The third-order valence-electron chi connectivity index (χ3n) is 2.19. The summed E-state index contributed by atoms with van der Waals surface area (Å²) in [6.45, 7) is 7.18. The van der Waals surface area contributed by atoms with Crippen LogP contribution in [0.4, 0.5) is 0 Å². The van der Waals surface area contributed by atoms with Gasteiger partial charge in [0.05, 0.1) is 5.70 Å². The van der Waals surface area contributed by atoms with Crippen LogP contribution < -0.4 is 0 Å². The normalized spacial score (nSPS) is 12.6. The molecule has 1 heteroatoms. The fraction of sp³-hybridized carbons (Fsp3) is 0. The number of allylic oxidation sites excluding steroid dienone is 8. The van der Waals surface area contributed by atoms with E-state index in [1.807, 2.05) is 72.9 Å². The molecule has 0 radical (unpaired) electrons. The number of aliphatic imine (C=N–C) groups is 1. The van der Waals surface area contributed by atoms with Gasteiger partial charge in [-0.05, 0) is 12.8 Å². The molecule has 0 unspecified atom stereocenters. The summed E-state index contributed by atoms with van der Waals surface area (Å²) in [5.41, 5.74) is 1.93. The van der Waals surface area contributed by atoms with Gasteiger partial charge in [0, 0.05) is 5.56 Å². The molecule has 0 saturated heterocycles. The monoisotopic (exact) mass is 235 g/mol. The number of rotatable bonds is 6. The first-order valence-electron chi connectivity index (χ1n) is 5.73. The lowest BCUT2D eigenvalue weighted by Gasteiger charge is -1.98. The molecular weight excluding hydrogens is 218 g/mol. The van der Waals surface area contributed by atoms with Crippen LogP contribution in [0.2, 0.25) is 0 Å². The summed E-state index contributed by atoms with van der Waals surface area (Å²) in [5.74, 6) is 0. The molecule has 0 N–H and O–H groups in total. The van der Waals surface area contributed by atoms with Crippen molar-refractivity contribution in [1.29, 1.82) is 0 Å². The Kier molecular flexibility index (Phi) is 6.61. The second-order valence-corrected chi connectivity index (χ2v) is 3.47. The lowest BCUT2D eigenvalue weighted by molar-refractivity contribution is 1.52. The average Bonchev–Trinajstić information content (AvgIpc) is 2.43. The van der Waals surface area contributed by atoms with E-state index >= 15 is 0 Å². The van der Waals surface area contributed by atoms with E-state index in [4.69, 9.17) is 0 Å².